The lowest BCUT2D eigenvalue weighted by Gasteiger charge is -2.06. The first-order valence-corrected chi connectivity index (χ1v) is 3.62. The van der Waals surface area contributed by atoms with Crippen molar-refractivity contribution >= 4 is 6.72 Å². The molecule has 2 heteroatoms. The molecule has 0 aromatic heterocycles. The van der Waals surface area contributed by atoms with Gasteiger partial charge in [0.25, 0.3) is 0 Å². The highest BCUT2D eigenvalue weighted by molar-refractivity contribution is 5.22. The zero-order chi connectivity index (χ0) is 7.98. The lowest BCUT2D eigenvalue weighted by molar-refractivity contribution is 0.716. The van der Waals surface area contributed by atoms with Gasteiger partial charge >= 0.3 is 0 Å². The summed E-state index contributed by atoms with van der Waals surface area (Å²) in [6.07, 6.45) is 2.98. The van der Waals surface area contributed by atoms with Gasteiger partial charge in [0.1, 0.15) is 0 Å². The summed E-state index contributed by atoms with van der Waals surface area (Å²) in [6, 6.07) is 0. The molecule has 2 nitrogen and oxygen atoms in total. The summed E-state index contributed by atoms with van der Waals surface area (Å²) in [5.41, 5.74) is 4.10. The van der Waals surface area contributed by atoms with Crippen LogP contribution in [0.5, 0.6) is 0 Å². The third-order valence-corrected chi connectivity index (χ3v) is 1.49. The van der Waals surface area contributed by atoms with Crippen molar-refractivity contribution in [1.29, 1.82) is 0 Å². The number of rotatable bonds is 4. The largest absolute Gasteiger partial charge is 0.286 e. The fraction of sp³-hybridized carbons (Fsp3) is 0.625. The van der Waals surface area contributed by atoms with Crippen LogP contribution >= 0.6 is 0 Å². The molecule has 0 aliphatic rings. The van der Waals surface area contributed by atoms with Gasteiger partial charge in [-0.3, -0.25) is 5.43 Å². The van der Waals surface area contributed by atoms with E-state index in [4.69, 9.17) is 0 Å². The number of nitrogens with zero attached hydrogens (tertiary/aromatic N) is 1. The van der Waals surface area contributed by atoms with Gasteiger partial charge in [0.2, 0.25) is 0 Å². The molecule has 0 rings (SSSR count). The fourth-order valence-corrected chi connectivity index (χ4v) is 0.806. The van der Waals surface area contributed by atoms with Crippen LogP contribution in [-0.4, -0.2) is 6.72 Å². The van der Waals surface area contributed by atoms with E-state index in [1.807, 2.05) is 6.20 Å². The summed E-state index contributed by atoms with van der Waals surface area (Å²) in [5.74, 6) is 0.597. The molecule has 10 heavy (non-hydrogen) atoms. The minimum Gasteiger partial charge on any atom is -0.286 e. The van der Waals surface area contributed by atoms with Gasteiger partial charge in [-0.1, -0.05) is 26.3 Å². The second-order valence-corrected chi connectivity index (χ2v) is 2.51. The zero-order valence-corrected chi connectivity index (χ0v) is 7.02. The summed E-state index contributed by atoms with van der Waals surface area (Å²) in [6.45, 7) is 9.79. The van der Waals surface area contributed by atoms with Gasteiger partial charge in [0.15, 0.2) is 0 Å². The quantitative estimate of drug-likeness (QED) is 0.469. The van der Waals surface area contributed by atoms with Gasteiger partial charge in [-0.15, -0.1) is 0 Å². The monoisotopic (exact) mass is 140 g/mol. The predicted molar refractivity (Wildman–Crippen MR) is 45.9 cm³/mol. The molecule has 0 atom stereocenters. The van der Waals surface area contributed by atoms with Crippen molar-refractivity contribution in [3.05, 3.63) is 11.8 Å². The van der Waals surface area contributed by atoms with E-state index in [1.54, 1.807) is 0 Å². The standard InChI is InChI=1S/C8H16N2/c1-5-8(7(2)3)6-10-9-4/h6-7,10H,4-5H2,1-3H3/b8-6+. The van der Waals surface area contributed by atoms with E-state index in [0.717, 1.165) is 6.42 Å². The Morgan fingerprint density at radius 3 is 2.60 bits per heavy atom. The van der Waals surface area contributed by atoms with E-state index < -0.39 is 0 Å². The molecule has 0 bridgehead atoms. The topological polar surface area (TPSA) is 24.4 Å². The Morgan fingerprint density at radius 1 is 1.70 bits per heavy atom. The second kappa shape index (κ2) is 5.03. The first-order valence-electron chi connectivity index (χ1n) is 3.62. The molecule has 0 amide bonds. The molecule has 0 aliphatic heterocycles. The first kappa shape index (κ1) is 9.21. The molecule has 0 fully saturated rings. The number of allylic oxidation sites excluding steroid dienone is 1. The van der Waals surface area contributed by atoms with Crippen molar-refractivity contribution in [2.75, 3.05) is 0 Å². The molecule has 0 saturated heterocycles. The van der Waals surface area contributed by atoms with Gasteiger partial charge in [-0.2, -0.15) is 5.10 Å². The van der Waals surface area contributed by atoms with Crippen LogP contribution in [0.25, 0.3) is 0 Å². The van der Waals surface area contributed by atoms with Crippen LogP contribution in [0.4, 0.5) is 0 Å². The Hall–Kier alpha value is -0.790. The van der Waals surface area contributed by atoms with Crippen LogP contribution in [0, 0.1) is 5.92 Å². The molecule has 0 saturated carbocycles. The minimum absolute atomic E-state index is 0.597. The predicted octanol–water partition coefficient (Wildman–Crippen LogP) is 2.14. The smallest absolute Gasteiger partial charge is 0.0194 e. The van der Waals surface area contributed by atoms with Crippen molar-refractivity contribution in [3.8, 4) is 0 Å². The van der Waals surface area contributed by atoms with E-state index in [-0.39, 0.29) is 0 Å². The summed E-state index contributed by atoms with van der Waals surface area (Å²) in [7, 11) is 0. The maximum absolute atomic E-state index is 3.53. The van der Waals surface area contributed by atoms with Crippen LogP contribution in [-0.2, 0) is 0 Å². The molecule has 0 aliphatic carbocycles. The van der Waals surface area contributed by atoms with Gasteiger partial charge in [0, 0.05) is 12.9 Å². The molecule has 0 spiro atoms. The minimum atomic E-state index is 0.597. The molecule has 58 valence electrons. The fourth-order valence-electron chi connectivity index (χ4n) is 0.806. The molecule has 0 radical (unpaired) electrons. The van der Waals surface area contributed by atoms with Gasteiger partial charge in [-0.25, -0.2) is 0 Å². The van der Waals surface area contributed by atoms with E-state index >= 15 is 0 Å². The number of hydrogen-bond acceptors (Lipinski definition) is 2. The van der Waals surface area contributed by atoms with E-state index in [9.17, 15) is 0 Å². The van der Waals surface area contributed by atoms with Gasteiger partial charge < -0.3 is 0 Å². The van der Waals surface area contributed by atoms with E-state index in [2.05, 4.69) is 38.0 Å². The number of hydrazone groups is 1. The van der Waals surface area contributed by atoms with Crippen molar-refractivity contribution in [2.24, 2.45) is 11.0 Å². The summed E-state index contributed by atoms with van der Waals surface area (Å²) >= 11 is 0. The highest BCUT2D eigenvalue weighted by Crippen LogP contribution is 2.11. The Bertz CT molecular complexity index is 125. The van der Waals surface area contributed by atoms with Crippen molar-refractivity contribution < 1.29 is 0 Å². The molecular weight excluding hydrogens is 124 g/mol. The Kier molecular flexibility index (Phi) is 4.63. The maximum atomic E-state index is 3.53. The molecule has 0 aromatic carbocycles. The van der Waals surface area contributed by atoms with Gasteiger partial charge in [0.05, 0.1) is 0 Å². The average Bonchev–Trinajstić information content (AvgIpc) is 1.89. The van der Waals surface area contributed by atoms with Crippen molar-refractivity contribution in [3.63, 3.8) is 0 Å². The summed E-state index contributed by atoms with van der Waals surface area (Å²) in [5, 5.41) is 3.53. The lowest BCUT2D eigenvalue weighted by Crippen LogP contribution is -1.99. The molecule has 0 aromatic rings. The Morgan fingerprint density at radius 2 is 2.30 bits per heavy atom. The third kappa shape index (κ3) is 3.28. The van der Waals surface area contributed by atoms with Crippen LogP contribution in [0.1, 0.15) is 27.2 Å². The second-order valence-electron chi connectivity index (χ2n) is 2.51. The van der Waals surface area contributed by atoms with Crippen LogP contribution < -0.4 is 5.43 Å². The first-order chi connectivity index (χ1) is 4.72. The highest BCUT2D eigenvalue weighted by atomic mass is 15.3. The van der Waals surface area contributed by atoms with Crippen molar-refractivity contribution in [2.45, 2.75) is 27.2 Å². The summed E-state index contributed by atoms with van der Waals surface area (Å²) < 4.78 is 0. The highest BCUT2D eigenvalue weighted by Gasteiger charge is 1.97. The Labute approximate surface area is 63.0 Å². The van der Waals surface area contributed by atoms with Gasteiger partial charge in [-0.05, 0) is 12.3 Å². The Balaban J connectivity index is 3.90. The summed E-state index contributed by atoms with van der Waals surface area (Å²) in [4.78, 5) is 0. The molecule has 0 heterocycles. The van der Waals surface area contributed by atoms with E-state index in [1.165, 1.54) is 5.57 Å². The average molecular weight is 140 g/mol. The number of nitrogens with one attached hydrogen (secondary N) is 1. The molecule has 0 unspecified atom stereocenters. The van der Waals surface area contributed by atoms with Crippen LogP contribution in [0.15, 0.2) is 16.9 Å². The molecular formula is C8H16N2. The van der Waals surface area contributed by atoms with Crippen molar-refractivity contribution in [1.82, 2.24) is 5.43 Å². The SMILES string of the molecule is C=NN/C=C(\CC)C(C)C. The lowest BCUT2D eigenvalue weighted by atomic mass is 10.0. The normalized spacial score (nSPS) is 11.8. The van der Waals surface area contributed by atoms with E-state index in [0.29, 0.717) is 5.92 Å². The van der Waals surface area contributed by atoms with Crippen LogP contribution in [0.2, 0.25) is 0 Å². The van der Waals surface area contributed by atoms with Crippen LogP contribution in [0.3, 0.4) is 0 Å². The maximum Gasteiger partial charge on any atom is 0.0194 e. The molecule has 1 N–H and O–H groups in total. The third-order valence-electron chi connectivity index (χ3n) is 1.49. The zero-order valence-electron chi connectivity index (χ0n) is 7.02. The number of hydrogen-bond donors (Lipinski definition) is 1.